The van der Waals surface area contributed by atoms with E-state index in [-0.39, 0.29) is 15.7 Å². The zero-order valence-electron chi connectivity index (χ0n) is 10.3. The van der Waals surface area contributed by atoms with Gasteiger partial charge in [-0.3, -0.25) is 0 Å². The quantitative estimate of drug-likeness (QED) is 0.368. The summed E-state index contributed by atoms with van der Waals surface area (Å²) in [5.41, 5.74) is 0.401. The second-order valence-corrected chi connectivity index (χ2v) is 5.39. The summed E-state index contributed by atoms with van der Waals surface area (Å²) >= 11 is 13.3. The topological polar surface area (TPSA) is 42.9 Å². The van der Waals surface area contributed by atoms with E-state index in [1.165, 1.54) is 36.2 Å². The van der Waals surface area contributed by atoms with Crippen LogP contribution < -0.4 is 0 Å². The number of thioether (sulfide) groups is 1. The van der Waals surface area contributed by atoms with Gasteiger partial charge in [0.05, 0.1) is 5.92 Å². The van der Waals surface area contributed by atoms with E-state index in [4.69, 9.17) is 23.2 Å². The highest BCUT2D eigenvalue weighted by molar-refractivity contribution is 7.98. The van der Waals surface area contributed by atoms with E-state index in [0.29, 0.717) is 17.0 Å². The summed E-state index contributed by atoms with van der Waals surface area (Å²) in [6.45, 7) is 0. The maximum absolute atomic E-state index is 13.9. The molecule has 0 aliphatic heterocycles. The van der Waals surface area contributed by atoms with Crippen LogP contribution in [0.2, 0.25) is 10.2 Å². The predicted octanol–water partition coefficient (Wildman–Crippen LogP) is 3.98. The van der Waals surface area contributed by atoms with Crippen molar-refractivity contribution in [2.24, 2.45) is 0 Å². The fourth-order valence-electron chi connectivity index (χ4n) is 1.77. The molecule has 3 nitrogen and oxygen atoms in total. The Bertz CT molecular complexity index is 634. The first kappa shape index (κ1) is 15.2. The van der Waals surface area contributed by atoms with Crippen LogP contribution >= 0.6 is 35.0 Å². The molecule has 0 aliphatic rings. The normalized spacial score (nSPS) is 12.2. The molecule has 2 rings (SSSR count). The predicted molar refractivity (Wildman–Crippen MR) is 78.1 cm³/mol. The minimum atomic E-state index is -0.938. The largest absolute Gasteiger partial charge is 0.302 e. The van der Waals surface area contributed by atoms with E-state index < -0.39 is 11.7 Å². The molecule has 2 aromatic rings. The van der Waals surface area contributed by atoms with Crippen LogP contribution in [0.15, 0.2) is 29.6 Å². The third-order valence-corrected chi connectivity index (χ3v) is 3.90. The van der Waals surface area contributed by atoms with Gasteiger partial charge in [-0.15, -0.1) is 0 Å². The zero-order valence-corrected chi connectivity index (χ0v) is 12.6. The Morgan fingerprint density at radius 3 is 2.70 bits per heavy atom. The average molecular weight is 331 g/mol. The lowest BCUT2D eigenvalue weighted by Crippen LogP contribution is -2.08. The van der Waals surface area contributed by atoms with Gasteiger partial charge in [-0.25, -0.2) is 14.4 Å². The van der Waals surface area contributed by atoms with E-state index >= 15 is 0 Å². The van der Waals surface area contributed by atoms with Gasteiger partial charge >= 0.3 is 0 Å². The maximum atomic E-state index is 13.9. The molecule has 0 bridgehead atoms. The monoisotopic (exact) mass is 330 g/mol. The van der Waals surface area contributed by atoms with E-state index in [9.17, 15) is 9.18 Å². The van der Waals surface area contributed by atoms with Crippen molar-refractivity contribution >= 4 is 41.2 Å². The minimum absolute atomic E-state index is 0.0755. The van der Waals surface area contributed by atoms with E-state index in [2.05, 4.69) is 9.97 Å². The molecule has 0 amide bonds. The molecule has 1 heterocycles. The van der Waals surface area contributed by atoms with Gasteiger partial charge in [-0.05, 0) is 18.4 Å². The molecule has 20 heavy (non-hydrogen) atoms. The summed E-state index contributed by atoms with van der Waals surface area (Å²) in [6.07, 6.45) is 3.80. The van der Waals surface area contributed by atoms with Crippen molar-refractivity contribution in [3.05, 3.63) is 51.5 Å². The van der Waals surface area contributed by atoms with Crippen molar-refractivity contribution < 1.29 is 9.18 Å². The molecule has 104 valence electrons. The highest BCUT2D eigenvalue weighted by Gasteiger charge is 2.23. The highest BCUT2D eigenvalue weighted by Crippen LogP contribution is 2.33. The number of hydrogen-bond acceptors (Lipinski definition) is 4. The molecule has 0 saturated carbocycles. The van der Waals surface area contributed by atoms with Gasteiger partial charge in [0, 0.05) is 22.3 Å². The first-order chi connectivity index (χ1) is 9.58. The van der Waals surface area contributed by atoms with Crippen LogP contribution in [0.25, 0.3) is 0 Å². The molecular formula is C13H9Cl2FN2OS. The fourth-order valence-corrected chi connectivity index (χ4v) is 2.68. The van der Waals surface area contributed by atoms with Crippen molar-refractivity contribution in [1.29, 1.82) is 0 Å². The molecule has 1 unspecified atom stereocenters. The van der Waals surface area contributed by atoms with Crippen LogP contribution in [-0.4, -0.2) is 22.5 Å². The number of nitrogens with zero attached hydrogens (tertiary/aromatic N) is 2. The Labute approximate surface area is 129 Å². The zero-order chi connectivity index (χ0) is 14.7. The number of benzene rings is 1. The lowest BCUT2D eigenvalue weighted by molar-refractivity contribution is -0.108. The minimum Gasteiger partial charge on any atom is -0.302 e. The van der Waals surface area contributed by atoms with Crippen LogP contribution in [0.1, 0.15) is 17.0 Å². The third-order valence-electron chi connectivity index (χ3n) is 2.71. The summed E-state index contributed by atoms with van der Waals surface area (Å²) in [7, 11) is 0. The number of rotatable bonds is 4. The number of carbonyl (C=O) groups is 1. The van der Waals surface area contributed by atoms with Gasteiger partial charge in [0.25, 0.3) is 0 Å². The maximum Gasteiger partial charge on any atom is 0.188 e. The first-order valence-corrected chi connectivity index (χ1v) is 7.52. The Morgan fingerprint density at radius 2 is 2.15 bits per heavy atom. The molecule has 1 aromatic carbocycles. The number of halogens is 3. The van der Waals surface area contributed by atoms with Gasteiger partial charge in [0.15, 0.2) is 5.16 Å². The van der Waals surface area contributed by atoms with Gasteiger partial charge in [0.1, 0.15) is 17.3 Å². The molecule has 1 atom stereocenters. The number of aromatic nitrogens is 2. The van der Waals surface area contributed by atoms with E-state index in [1.54, 1.807) is 6.26 Å². The summed E-state index contributed by atoms with van der Waals surface area (Å²) in [5, 5.41) is 0.746. The van der Waals surface area contributed by atoms with Crippen LogP contribution in [0.3, 0.4) is 0 Å². The van der Waals surface area contributed by atoms with Crippen molar-refractivity contribution in [1.82, 2.24) is 9.97 Å². The molecule has 1 aromatic heterocycles. The second kappa shape index (κ2) is 6.52. The van der Waals surface area contributed by atoms with Crippen molar-refractivity contribution in [3.63, 3.8) is 0 Å². The van der Waals surface area contributed by atoms with Crippen molar-refractivity contribution in [2.75, 3.05) is 6.26 Å². The first-order valence-electron chi connectivity index (χ1n) is 5.54. The smallest absolute Gasteiger partial charge is 0.188 e. The Morgan fingerprint density at radius 1 is 1.40 bits per heavy atom. The lowest BCUT2D eigenvalue weighted by atomic mass is 9.94. The van der Waals surface area contributed by atoms with Crippen LogP contribution in [0.5, 0.6) is 0 Å². The SMILES string of the molecule is CSc1ncc(C(C=O)c2c(F)cccc2Cl)c(Cl)n1. The molecule has 0 saturated heterocycles. The number of hydrogen-bond donors (Lipinski definition) is 0. The van der Waals surface area contributed by atoms with E-state index in [1.807, 2.05) is 0 Å². The molecule has 0 N–H and O–H groups in total. The standard InChI is InChI=1S/C13H9Cl2FN2OS/c1-20-13-17-5-7(12(15)18-13)8(6-19)11-9(14)3-2-4-10(11)16/h2-6,8H,1H3. The van der Waals surface area contributed by atoms with Crippen molar-refractivity contribution in [2.45, 2.75) is 11.1 Å². The molecule has 0 aliphatic carbocycles. The van der Waals surface area contributed by atoms with E-state index in [0.717, 1.165) is 0 Å². The summed E-state index contributed by atoms with van der Waals surface area (Å²) < 4.78 is 13.9. The Balaban J connectivity index is 2.56. The summed E-state index contributed by atoms with van der Waals surface area (Å²) in [5.74, 6) is -1.51. The highest BCUT2D eigenvalue weighted by atomic mass is 35.5. The number of aldehydes is 1. The average Bonchev–Trinajstić information content (AvgIpc) is 2.43. The van der Waals surface area contributed by atoms with Crippen LogP contribution in [0, 0.1) is 5.82 Å². The van der Waals surface area contributed by atoms with Gasteiger partial charge < -0.3 is 4.79 Å². The lowest BCUT2D eigenvalue weighted by Gasteiger charge is -2.14. The van der Waals surface area contributed by atoms with Gasteiger partial charge in [0.2, 0.25) is 0 Å². The third kappa shape index (κ3) is 2.95. The van der Waals surface area contributed by atoms with Crippen LogP contribution in [-0.2, 0) is 4.79 Å². The summed E-state index contributed by atoms with van der Waals surface area (Å²) in [4.78, 5) is 19.5. The van der Waals surface area contributed by atoms with Gasteiger partial charge in [-0.2, -0.15) is 0 Å². The summed E-state index contributed by atoms with van der Waals surface area (Å²) in [6, 6.07) is 4.22. The second-order valence-electron chi connectivity index (χ2n) is 3.85. The molecule has 0 spiro atoms. The molecule has 0 radical (unpaired) electrons. The van der Waals surface area contributed by atoms with Gasteiger partial charge in [-0.1, -0.05) is 41.0 Å². The number of carbonyl (C=O) groups excluding carboxylic acids is 1. The van der Waals surface area contributed by atoms with Crippen molar-refractivity contribution in [3.8, 4) is 0 Å². The molecule has 0 fully saturated rings. The Hall–Kier alpha value is -1.17. The Kier molecular flexibility index (Phi) is 4.96. The molecule has 7 heteroatoms. The van der Waals surface area contributed by atoms with Crippen LogP contribution in [0.4, 0.5) is 4.39 Å². The molecular weight excluding hydrogens is 322 g/mol. The fraction of sp³-hybridized carbons (Fsp3) is 0.154.